The van der Waals surface area contributed by atoms with Crippen LogP contribution in [0.15, 0.2) is 187 Å². The molecule has 20 bridgehead atoms. The van der Waals surface area contributed by atoms with Crippen molar-refractivity contribution in [1.29, 1.82) is 0 Å². The molecule has 12 heterocycles. The molecule has 0 N–H and O–H groups in total. The van der Waals surface area contributed by atoms with Crippen LogP contribution < -0.4 is 28.4 Å². The number of nitrogens with zero attached hydrogens (tertiary/aromatic N) is 8. The third-order valence-corrected chi connectivity index (χ3v) is 12.2. The second kappa shape index (κ2) is 18.9. The largest absolute Gasteiger partial charge is 0.496 e. The van der Waals surface area contributed by atoms with Crippen molar-refractivity contribution in [3.8, 4) is 46.0 Å². The summed E-state index contributed by atoms with van der Waals surface area (Å²) in [6.07, 6.45) is 1.45. The molecule has 0 saturated carbocycles. The number of ether oxygens (including phenoxy) is 6. The van der Waals surface area contributed by atoms with E-state index >= 15 is 0 Å². The smallest absolute Gasteiger partial charge is 0.127 e. The van der Waals surface area contributed by atoms with Crippen molar-refractivity contribution in [3.05, 3.63) is 190 Å². The number of hydrogen-bond acceptors (Lipinski definition) is 14. The fourth-order valence-corrected chi connectivity index (χ4v) is 9.15. The Morgan fingerprint density at radius 1 is 0.257 bits per heavy atom. The predicted octanol–water partition coefficient (Wildman–Crippen LogP) is 16.3. The Hall–Kier alpha value is -9.04. The van der Waals surface area contributed by atoms with Crippen molar-refractivity contribution >= 4 is 45.5 Å². The molecule has 0 unspecified atom stereocenters. The van der Waals surface area contributed by atoms with Crippen LogP contribution in [0.1, 0.15) is 44.5 Å². The molecule has 8 aromatic rings. The van der Waals surface area contributed by atoms with Crippen LogP contribution in [0.4, 0.5) is 45.5 Å². The maximum absolute atomic E-state index is 6.38. The molecule has 1 aliphatic carbocycles. The quantitative estimate of drug-likeness (QED) is 0.171. The summed E-state index contributed by atoms with van der Waals surface area (Å²) in [5.41, 5.74) is 11.8. The maximum Gasteiger partial charge on any atom is 0.127 e. The summed E-state index contributed by atoms with van der Waals surface area (Å²) in [5, 5.41) is 38.1. The molecule has 70 heavy (non-hydrogen) atoms. The fraction of sp³-hybridized carbons (Fsp3) is 0.143. The molecule has 14 nitrogen and oxygen atoms in total. The predicted molar refractivity (Wildman–Crippen MR) is 266 cm³/mol. The zero-order valence-electron chi connectivity index (χ0n) is 38.7. The van der Waals surface area contributed by atoms with Gasteiger partial charge >= 0.3 is 0 Å². The molecular weight excluding hydrogens is 881 g/mol. The van der Waals surface area contributed by atoms with E-state index < -0.39 is 0 Å². The third-order valence-electron chi connectivity index (χ3n) is 12.2. The molecule has 0 amide bonds. The molecule has 0 radical (unpaired) electrons. The second-order valence-corrected chi connectivity index (χ2v) is 16.9. The van der Waals surface area contributed by atoms with E-state index in [2.05, 4.69) is 0 Å². The molecule has 13 aliphatic rings. The standard InChI is InChI=1S/C56H44N8O6/c1-65-53-33-21-35-27-46-29-37(54(35)66-2)23-39-31-48-32-40(56(39)68-4)24-38-30-47(63-59-43-9-17-51(18-10-43)70-50-15-7-42(8-16-50)58-62-46)28-36(55(38)67-3)22-34(53)26-45(25-33)61-57-41-5-13-49(14-6-41)69-52-19-11-44(12-20-52)60-64-48/h5-20,25-32H,21-24H2,1-4H3. The van der Waals surface area contributed by atoms with Gasteiger partial charge in [0.2, 0.25) is 0 Å². The van der Waals surface area contributed by atoms with Crippen LogP contribution in [0.2, 0.25) is 0 Å². The van der Waals surface area contributed by atoms with Gasteiger partial charge in [-0.25, -0.2) is 0 Å². The second-order valence-electron chi connectivity index (χ2n) is 16.9. The van der Waals surface area contributed by atoms with E-state index in [1.54, 1.807) is 28.4 Å². The summed E-state index contributed by atoms with van der Waals surface area (Å²) >= 11 is 0. The number of hydrogen-bond donors (Lipinski definition) is 0. The van der Waals surface area contributed by atoms with Gasteiger partial charge < -0.3 is 28.4 Å². The molecule has 0 fully saturated rings. The highest BCUT2D eigenvalue weighted by Crippen LogP contribution is 2.44. The first-order chi connectivity index (χ1) is 34.4. The molecule has 344 valence electrons. The summed E-state index contributed by atoms with van der Waals surface area (Å²) in [6, 6.07) is 45.8. The molecule has 21 rings (SSSR count). The van der Waals surface area contributed by atoms with E-state index in [0.717, 1.165) is 44.5 Å². The van der Waals surface area contributed by atoms with Gasteiger partial charge in [0.1, 0.15) is 46.0 Å². The van der Waals surface area contributed by atoms with Crippen molar-refractivity contribution in [3.63, 3.8) is 0 Å². The Kier molecular flexibility index (Phi) is 11.8. The minimum atomic E-state index is 0.362. The normalized spacial score (nSPS) is 13.2. The van der Waals surface area contributed by atoms with Crippen LogP contribution in [0.3, 0.4) is 0 Å². The highest BCUT2D eigenvalue weighted by atomic mass is 16.5. The SMILES string of the molecule is COc1c2cc3cc1Cc1cc4cc(c1OC)Cc1cc(cc(c1OC)Cc1cc(cc(c1OC)C2)N=Nc1ccc(cc1)Oc1ccc(cc1)N=N4)N=Nc1ccc(cc1)Oc1ccc(cc1)N=N3. The van der Waals surface area contributed by atoms with E-state index in [4.69, 9.17) is 69.3 Å². The summed E-state index contributed by atoms with van der Waals surface area (Å²) in [5.74, 6) is 5.28. The van der Waals surface area contributed by atoms with E-state index in [1.165, 1.54) is 0 Å². The number of rotatable bonds is 4. The van der Waals surface area contributed by atoms with Crippen molar-refractivity contribution in [2.24, 2.45) is 40.9 Å². The molecule has 12 aliphatic heterocycles. The van der Waals surface area contributed by atoms with Crippen LogP contribution in [0.5, 0.6) is 46.0 Å². The van der Waals surface area contributed by atoms with Crippen molar-refractivity contribution in [2.45, 2.75) is 25.7 Å². The lowest BCUT2D eigenvalue weighted by Crippen LogP contribution is -2.06. The molecule has 0 saturated heterocycles. The first-order valence-electron chi connectivity index (χ1n) is 22.6. The van der Waals surface area contributed by atoms with Gasteiger partial charge in [-0.15, -0.1) is 0 Å². The van der Waals surface area contributed by atoms with Gasteiger partial charge in [-0.2, -0.15) is 40.9 Å². The Morgan fingerprint density at radius 2 is 0.429 bits per heavy atom. The minimum Gasteiger partial charge on any atom is -0.496 e. The Balaban J connectivity index is 1.23. The summed E-state index contributed by atoms with van der Waals surface area (Å²) in [7, 11) is 6.74. The maximum atomic E-state index is 6.38. The average molecular weight is 925 g/mol. The fourth-order valence-electron chi connectivity index (χ4n) is 9.15. The lowest BCUT2D eigenvalue weighted by Gasteiger charge is -2.22. The van der Waals surface area contributed by atoms with Gasteiger partial charge in [-0.1, -0.05) is 0 Å². The van der Waals surface area contributed by atoms with Crippen molar-refractivity contribution < 1.29 is 28.4 Å². The number of benzene rings is 8. The molecule has 0 spiro atoms. The third kappa shape index (κ3) is 9.17. The van der Waals surface area contributed by atoms with Gasteiger partial charge in [0.05, 0.1) is 73.9 Å². The van der Waals surface area contributed by atoms with E-state index in [1.807, 2.05) is 146 Å². The van der Waals surface area contributed by atoms with Gasteiger partial charge in [-0.05, 0) is 146 Å². The average Bonchev–Trinajstić information content (AvgIpc) is 3.37. The van der Waals surface area contributed by atoms with Crippen molar-refractivity contribution in [1.82, 2.24) is 0 Å². The Bertz CT molecular complexity index is 2860. The van der Waals surface area contributed by atoms with Crippen LogP contribution in [0, 0.1) is 0 Å². The van der Waals surface area contributed by atoms with Crippen LogP contribution in [-0.4, -0.2) is 28.4 Å². The van der Waals surface area contributed by atoms with Gasteiger partial charge in [0, 0.05) is 70.2 Å². The van der Waals surface area contributed by atoms with E-state index in [9.17, 15) is 0 Å². The Labute approximate surface area is 403 Å². The first-order valence-corrected chi connectivity index (χ1v) is 22.6. The zero-order valence-corrected chi connectivity index (χ0v) is 38.7. The summed E-state index contributed by atoms with van der Waals surface area (Å²) < 4.78 is 37.9. The molecule has 0 aromatic heterocycles. The van der Waals surface area contributed by atoms with E-state index in [0.29, 0.717) is 117 Å². The van der Waals surface area contributed by atoms with Crippen molar-refractivity contribution in [2.75, 3.05) is 28.4 Å². The minimum absolute atomic E-state index is 0.362. The van der Waals surface area contributed by atoms with Crippen LogP contribution >= 0.6 is 0 Å². The van der Waals surface area contributed by atoms with E-state index in [-0.39, 0.29) is 0 Å². The number of azo groups is 4. The van der Waals surface area contributed by atoms with Crippen LogP contribution in [-0.2, 0) is 25.7 Å². The summed E-state index contributed by atoms with van der Waals surface area (Å²) in [6.45, 7) is 0. The number of methoxy groups -OCH3 is 4. The molecular formula is C56H44N8O6. The lowest BCUT2D eigenvalue weighted by molar-refractivity contribution is 0.396. The lowest BCUT2D eigenvalue weighted by atomic mass is 9.90. The monoisotopic (exact) mass is 924 g/mol. The van der Waals surface area contributed by atoms with Gasteiger partial charge in [0.25, 0.3) is 0 Å². The first kappa shape index (κ1) is 43.5. The van der Waals surface area contributed by atoms with Crippen LogP contribution in [0.25, 0.3) is 0 Å². The zero-order chi connectivity index (χ0) is 47.6. The molecule has 8 aromatic carbocycles. The summed E-state index contributed by atoms with van der Waals surface area (Å²) in [4.78, 5) is 0. The highest BCUT2D eigenvalue weighted by molar-refractivity contribution is 5.65. The molecule has 14 heteroatoms. The molecule has 0 atom stereocenters. The van der Waals surface area contributed by atoms with Gasteiger partial charge in [-0.3, -0.25) is 0 Å². The topological polar surface area (TPSA) is 154 Å². The van der Waals surface area contributed by atoms with Gasteiger partial charge in [0.15, 0.2) is 0 Å². The Morgan fingerprint density at radius 3 is 0.600 bits per heavy atom. The highest BCUT2D eigenvalue weighted by Gasteiger charge is 2.24.